The molecule has 0 aromatic rings. The van der Waals surface area contributed by atoms with Gasteiger partial charge in [0.25, 0.3) is 0 Å². The summed E-state index contributed by atoms with van der Waals surface area (Å²) in [4.78, 5) is 0. The summed E-state index contributed by atoms with van der Waals surface area (Å²) in [5.74, 6) is -2.85. The Labute approximate surface area is 123 Å². The van der Waals surface area contributed by atoms with Gasteiger partial charge in [0.15, 0.2) is 16.6 Å². The van der Waals surface area contributed by atoms with Crippen molar-refractivity contribution in [2.75, 3.05) is 13.2 Å². The van der Waals surface area contributed by atoms with Gasteiger partial charge in [-0.05, 0) is 13.8 Å². The highest BCUT2D eigenvalue weighted by atomic mass is 16.7. The molecule has 0 amide bonds. The monoisotopic (exact) mass is 282 g/mol. The van der Waals surface area contributed by atoms with Crippen LogP contribution in [0.5, 0.6) is 0 Å². The van der Waals surface area contributed by atoms with Crippen molar-refractivity contribution in [2.24, 2.45) is 22.7 Å². The predicted molar refractivity (Wildman–Crippen MR) is 69.4 cm³/mol. The SMILES string of the molecule is CCOC1(OCC)[C@@H]2C=C[C@@H]1C(C#N)(C#N)C2(C#N)C#N. The fourth-order valence-corrected chi connectivity index (χ4v) is 3.60. The molecular formula is C15H14N4O2. The van der Waals surface area contributed by atoms with Gasteiger partial charge in [-0.1, -0.05) is 12.2 Å². The Hall–Kier alpha value is -2.38. The van der Waals surface area contributed by atoms with Crippen LogP contribution >= 0.6 is 0 Å². The van der Waals surface area contributed by atoms with Gasteiger partial charge in [0.2, 0.25) is 0 Å². The quantitative estimate of drug-likeness (QED) is 0.572. The van der Waals surface area contributed by atoms with Gasteiger partial charge >= 0.3 is 0 Å². The molecule has 0 spiro atoms. The number of hydrogen-bond acceptors (Lipinski definition) is 6. The number of nitriles is 4. The van der Waals surface area contributed by atoms with E-state index < -0.39 is 28.5 Å². The van der Waals surface area contributed by atoms with Gasteiger partial charge < -0.3 is 9.47 Å². The summed E-state index contributed by atoms with van der Waals surface area (Å²) in [6.45, 7) is 4.10. The van der Waals surface area contributed by atoms with Crippen LogP contribution in [0.25, 0.3) is 0 Å². The molecule has 2 aliphatic rings. The second-order valence-electron chi connectivity index (χ2n) is 4.99. The Morgan fingerprint density at radius 2 is 1.14 bits per heavy atom. The third kappa shape index (κ3) is 1.39. The van der Waals surface area contributed by atoms with Crippen LogP contribution in [0.15, 0.2) is 12.2 Å². The number of ether oxygens (including phenoxy) is 2. The van der Waals surface area contributed by atoms with Crippen LogP contribution in [0.3, 0.4) is 0 Å². The third-order valence-corrected chi connectivity index (χ3v) is 4.36. The Kier molecular flexibility index (Phi) is 3.48. The summed E-state index contributed by atoms with van der Waals surface area (Å²) in [5, 5.41) is 38.3. The number of fused-ring (bicyclic) bond motifs is 2. The third-order valence-electron chi connectivity index (χ3n) is 4.36. The summed E-state index contributed by atoms with van der Waals surface area (Å²) in [7, 11) is 0. The normalized spacial score (nSPS) is 29.0. The lowest BCUT2D eigenvalue weighted by Crippen LogP contribution is -2.44. The lowest BCUT2D eigenvalue weighted by Gasteiger charge is -2.34. The molecule has 1 saturated carbocycles. The van der Waals surface area contributed by atoms with E-state index in [2.05, 4.69) is 0 Å². The Bertz CT molecular complexity index is 557. The van der Waals surface area contributed by atoms with Crippen molar-refractivity contribution in [1.29, 1.82) is 21.0 Å². The Morgan fingerprint density at radius 3 is 1.38 bits per heavy atom. The first-order valence-corrected chi connectivity index (χ1v) is 6.70. The van der Waals surface area contributed by atoms with Gasteiger partial charge in [-0.3, -0.25) is 0 Å². The molecule has 21 heavy (non-hydrogen) atoms. The van der Waals surface area contributed by atoms with Crippen molar-refractivity contribution in [1.82, 2.24) is 0 Å². The number of hydrogen-bond donors (Lipinski definition) is 0. The maximum Gasteiger partial charge on any atom is 0.187 e. The van der Waals surface area contributed by atoms with E-state index >= 15 is 0 Å². The molecule has 0 unspecified atom stereocenters. The molecular weight excluding hydrogens is 268 g/mol. The molecule has 0 saturated heterocycles. The van der Waals surface area contributed by atoms with Crippen LogP contribution < -0.4 is 0 Å². The van der Waals surface area contributed by atoms with E-state index in [4.69, 9.17) is 9.47 Å². The summed E-state index contributed by atoms with van der Waals surface area (Å²) in [6, 6.07) is 7.62. The van der Waals surface area contributed by atoms with Gasteiger partial charge in [0.1, 0.15) is 0 Å². The van der Waals surface area contributed by atoms with Crippen molar-refractivity contribution in [2.45, 2.75) is 19.6 Å². The molecule has 0 heterocycles. The largest absolute Gasteiger partial charge is 0.349 e. The lowest BCUT2D eigenvalue weighted by molar-refractivity contribution is -0.259. The molecule has 6 heteroatoms. The van der Waals surface area contributed by atoms with Gasteiger partial charge in [0, 0.05) is 13.2 Å². The van der Waals surface area contributed by atoms with Crippen LogP contribution in [-0.2, 0) is 9.47 Å². The number of nitrogens with zero attached hydrogens (tertiary/aromatic N) is 4. The summed E-state index contributed by atoms with van der Waals surface area (Å²) < 4.78 is 11.5. The van der Waals surface area contributed by atoms with Crippen molar-refractivity contribution in [3.8, 4) is 24.3 Å². The fraction of sp³-hybridized carbons (Fsp3) is 0.600. The molecule has 0 aliphatic heterocycles. The average Bonchev–Trinajstić information content (AvgIpc) is 2.95. The minimum absolute atomic E-state index is 0.286. The van der Waals surface area contributed by atoms with Crippen molar-refractivity contribution in [3.05, 3.63) is 12.2 Å². The molecule has 2 bridgehead atoms. The Balaban J connectivity index is 2.76. The molecule has 2 rings (SSSR count). The van der Waals surface area contributed by atoms with Crippen LogP contribution in [0.4, 0.5) is 0 Å². The van der Waals surface area contributed by atoms with E-state index in [0.29, 0.717) is 0 Å². The standard InChI is InChI=1S/C15H14N4O2/c1-3-20-15(21-4-2)11-5-6-12(15)14(9-18,10-19)13(11,7-16)8-17/h5-6,11-12H,3-4H2,1-2H3/t11-,12-/m1/s1. The second-order valence-corrected chi connectivity index (χ2v) is 4.99. The Morgan fingerprint density at radius 1 is 0.810 bits per heavy atom. The first-order valence-electron chi connectivity index (χ1n) is 6.70. The van der Waals surface area contributed by atoms with E-state index in [-0.39, 0.29) is 13.2 Å². The van der Waals surface area contributed by atoms with Crippen LogP contribution in [0, 0.1) is 68.0 Å². The van der Waals surface area contributed by atoms with E-state index in [9.17, 15) is 21.0 Å². The van der Waals surface area contributed by atoms with Gasteiger partial charge in [-0.25, -0.2) is 0 Å². The zero-order valence-electron chi connectivity index (χ0n) is 11.8. The highest BCUT2D eigenvalue weighted by Gasteiger charge is 2.80. The van der Waals surface area contributed by atoms with Crippen LogP contribution in [-0.4, -0.2) is 19.0 Å². The van der Waals surface area contributed by atoms with Crippen LogP contribution in [0.1, 0.15) is 13.8 Å². The van der Waals surface area contributed by atoms with E-state index in [0.717, 1.165) is 0 Å². The van der Waals surface area contributed by atoms with E-state index in [1.165, 1.54) is 0 Å². The predicted octanol–water partition coefficient (Wildman–Crippen LogP) is 1.64. The van der Waals surface area contributed by atoms with Crippen molar-refractivity contribution >= 4 is 0 Å². The molecule has 2 aliphatic carbocycles. The van der Waals surface area contributed by atoms with E-state index in [1.807, 2.05) is 24.3 Å². The van der Waals surface area contributed by atoms with Crippen LogP contribution in [0.2, 0.25) is 0 Å². The molecule has 106 valence electrons. The first kappa shape index (κ1) is 15.0. The molecule has 0 aromatic heterocycles. The highest BCUT2D eigenvalue weighted by Crippen LogP contribution is 2.68. The first-order chi connectivity index (χ1) is 10.1. The summed E-state index contributed by atoms with van der Waals surface area (Å²) >= 11 is 0. The molecule has 6 nitrogen and oxygen atoms in total. The molecule has 0 aromatic carbocycles. The molecule has 0 N–H and O–H groups in total. The number of rotatable bonds is 4. The second kappa shape index (κ2) is 4.87. The zero-order chi connectivity index (χ0) is 15.7. The van der Waals surface area contributed by atoms with Gasteiger partial charge in [-0.2, -0.15) is 21.0 Å². The zero-order valence-corrected chi connectivity index (χ0v) is 11.8. The van der Waals surface area contributed by atoms with Crippen molar-refractivity contribution < 1.29 is 9.47 Å². The topological polar surface area (TPSA) is 114 Å². The maximum absolute atomic E-state index is 9.59. The fourth-order valence-electron chi connectivity index (χ4n) is 3.60. The van der Waals surface area contributed by atoms with E-state index in [1.54, 1.807) is 26.0 Å². The van der Waals surface area contributed by atoms with Gasteiger partial charge in [-0.15, -0.1) is 0 Å². The van der Waals surface area contributed by atoms with Gasteiger partial charge in [0.05, 0.1) is 36.1 Å². The summed E-state index contributed by atoms with van der Waals surface area (Å²) in [5.41, 5.74) is -3.61. The highest BCUT2D eigenvalue weighted by molar-refractivity contribution is 5.50. The molecule has 2 atom stereocenters. The molecule has 0 radical (unpaired) electrons. The smallest absolute Gasteiger partial charge is 0.187 e. The lowest BCUT2D eigenvalue weighted by atomic mass is 9.61. The molecule has 1 fully saturated rings. The minimum Gasteiger partial charge on any atom is -0.349 e. The van der Waals surface area contributed by atoms with Crippen molar-refractivity contribution in [3.63, 3.8) is 0 Å². The summed E-state index contributed by atoms with van der Waals surface area (Å²) in [6.07, 6.45) is 3.32. The maximum atomic E-state index is 9.59. The minimum atomic E-state index is -1.81. The average molecular weight is 282 g/mol.